The summed E-state index contributed by atoms with van der Waals surface area (Å²) in [6, 6.07) is 10.2. The third-order valence-corrected chi connectivity index (χ3v) is 7.36. The maximum Gasteiger partial charge on any atom is 0.416 e. The van der Waals surface area contributed by atoms with Crippen molar-refractivity contribution < 1.29 is 31.1 Å². The number of halogens is 6. The number of carbonyl (C=O) groups excluding carboxylic acids is 1. The number of alkyl halides is 6. The monoisotopic (exact) mass is 550 g/mol. The van der Waals surface area contributed by atoms with E-state index >= 15 is 0 Å². The van der Waals surface area contributed by atoms with Crippen molar-refractivity contribution in [2.24, 2.45) is 0 Å². The van der Waals surface area contributed by atoms with E-state index in [2.05, 4.69) is 4.90 Å². The van der Waals surface area contributed by atoms with Crippen molar-refractivity contribution >= 4 is 11.7 Å². The molecule has 2 aliphatic heterocycles. The Morgan fingerprint density at radius 1 is 0.718 bits per heavy atom. The lowest BCUT2D eigenvalue weighted by Crippen LogP contribution is -2.49. The number of hydrogen-bond donors (Lipinski definition) is 0. The van der Waals surface area contributed by atoms with Crippen molar-refractivity contribution in [1.29, 1.82) is 0 Å². The van der Waals surface area contributed by atoms with Crippen LogP contribution in [0, 0.1) is 0 Å². The van der Waals surface area contributed by atoms with Gasteiger partial charge in [0.25, 0.3) is 0 Å². The molecule has 2 aliphatic rings. The second-order valence-corrected chi connectivity index (χ2v) is 9.96. The summed E-state index contributed by atoms with van der Waals surface area (Å²) in [5.41, 5.74) is 1.30. The van der Waals surface area contributed by atoms with Crippen molar-refractivity contribution in [3.05, 3.63) is 77.6 Å². The van der Waals surface area contributed by atoms with Gasteiger partial charge < -0.3 is 9.80 Å². The molecule has 1 aromatic heterocycles. The molecule has 0 spiro atoms. The summed E-state index contributed by atoms with van der Waals surface area (Å²) in [5, 5.41) is 0. The molecule has 2 saturated heterocycles. The van der Waals surface area contributed by atoms with Gasteiger partial charge in [-0.3, -0.25) is 9.47 Å². The number of amides is 1. The molecule has 5 nitrogen and oxygen atoms in total. The van der Waals surface area contributed by atoms with Crippen molar-refractivity contribution in [2.75, 3.05) is 44.2 Å². The van der Waals surface area contributed by atoms with E-state index in [1.54, 1.807) is 29.4 Å². The fraction of sp³-hybridized carbons (Fsp3) is 0.393. The van der Waals surface area contributed by atoms with Gasteiger partial charge in [-0.1, -0.05) is 18.2 Å². The fourth-order valence-electron chi connectivity index (χ4n) is 5.17. The second kappa shape index (κ2) is 10.6. The number of aromatic nitrogens is 1. The lowest BCUT2D eigenvalue weighted by atomic mass is 10.1. The average Bonchev–Trinajstić information content (AvgIpc) is 3.61. The van der Waals surface area contributed by atoms with Gasteiger partial charge in [-0.15, -0.1) is 0 Å². The number of carbonyl (C=O) groups is 1. The number of hydrogen-bond acceptors (Lipinski definition) is 3. The van der Waals surface area contributed by atoms with Crippen LogP contribution in [-0.4, -0.2) is 59.7 Å². The molecule has 39 heavy (non-hydrogen) atoms. The summed E-state index contributed by atoms with van der Waals surface area (Å²) in [7, 11) is 0. The molecular weight excluding hydrogens is 522 g/mol. The van der Waals surface area contributed by atoms with Gasteiger partial charge in [0.15, 0.2) is 0 Å². The number of anilines is 1. The number of nitrogens with zero attached hydrogens (tertiary/aromatic N) is 4. The number of piperazine rings is 1. The van der Waals surface area contributed by atoms with Crippen LogP contribution in [0.3, 0.4) is 0 Å². The number of benzene rings is 2. The minimum absolute atomic E-state index is 0.236. The molecule has 0 saturated carbocycles. The van der Waals surface area contributed by atoms with Gasteiger partial charge in [0.05, 0.1) is 11.1 Å². The van der Waals surface area contributed by atoms with Crippen LogP contribution in [0.4, 0.5) is 36.8 Å². The minimum Gasteiger partial charge on any atom is -0.371 e. The molecule has 2 fully saturated rings. The molecule has 5 rings (SSSR count). The van der Waals surface area contributed by atoms with E-state index in [-0.39, 0.29) is 6.03 Å². The minimum atomic E-state index is -4.41. The summed E-state index contributed by atoms with van der Waals surface area (Å²) in [4.78, 5) is 18.9. The normalized spacial score (nSPS) is 17.2. The maximum absolute atomic E-state index is 13.4. The van der Waals surface area contributed by atoms with Gasteiger partial charge >= 0.3 is 18.4 Å². The molecular formula is C28H28F6N4O. The summed E-state index contributed by atoms with van der Waals surface area (Å²) in [6.07, 6.45) is -3.71. The average molecular weight is 551 g/mol. The van der Waals surface area contributed by atoms with E-state index < -0.39 is 23.5 Å². The van der Waals surface area contributed by atoms with Crippen LogP contribution in [0.1, 0.15) is 29.5 Å². The van der Waals surface area contributed by atoms with Crippen LogP contribution in [0.25, 0.3) is 11.1 Å². The highest BCUT2D eigenvalue weighted by Gasteiger charge is 2.33. The smallest absolute Gasteiger partial charge is 0.371 e. The quantitative estimate of drug-likeness (QED) is 0.344. The predicted octanol–water partition coefficient (Wildman–Crippen LogP) is 6.58. The highest BCUT2D eigenvalue weighted by molar-refractivity contribution is 5.79. The first-order chi connectivity index (χ1) is 18.5. The Morgan fingerprint density at radius 2 is 1.33 bits per heavy atom. The van der Waals surface area contributed by atoms with Gasteiger partial charge in [0, 0.05) is 63.9 Å². The zero-order valence-electron chi connectivity index (χ0n) is 21.1. The van der Waals surface area contributed by atoms with Crippen molar-refractivity contribution in [2.45, 2.75) is 31.7 Å². The van der Waals surface area contributed by atoms with E-state index in [0.29, 0.717) is 49.5 Å². The Hall–Kier alpha value is -3.47. The molecule has 0 bridgehead atoms. The van der Waals surface area contributed by atoms with Crippen molar-refractivity contribution in [3.8, 4) is 11.1 Å². The number of rotatable bonds is 4. The molecule has 0 unspecified atom stereocenters. The van der Waals surface area contributed by atoms with E-state index in [0.717, 1.165) is 49.7 Å². The second-order valence-electron chi connectivity index (χ2n) is 9.96. The van der Waals surface area contributed by atoms with Crippen LogP contribution < -0.4 is 4.90 Å². The standard InChI is InChI=1S/C28H28F6N4O/c29-27(30,31)23-6-3-20(4-7-23)21-9-12-38(19-21)26(39)37-15-13-35(14-16-37)18-22-5-8-24(28(32,33)34)17-25(22)36-10-1-2-11-36/h3-9,12,17,19H,1-2,10-11,13-16,18H2. The molecule has 0 N–H and O–H groups in total. The largest absolute Gasteiger partial charge is 0.416 e. The lowest BCUT2D eigenvalue weighted by Gasteiger charge is -2.35. The maximum atomic E-state index is 13.4. The van der Waals surface area contributed by atoms with Gasteiger partial charge in [-0.25, -0.2) is 4.79 Å². The van der Waals surface area contributed by atoms with E-state index in [4.69, 9.17) is 0 Å². The Bertz CT molecular complexity index is 1300. The molecule has 1 amide bonds. The first-order valence-corrected chi connectivity index (χ1v) is 12.8. The Balaban J connectivity index is 1.21. The summed E-state index contributed by atoms with van der Waals surface area (Å²) < 4.78 is 80.0. The first kappa shape index (κ1) is 27.1. The molecule has 0 atom stereocenters. The van der Waals surface area contributed by atoms with Crippen LogP contribution in [0.5, 0.6) is 0 Å². The molecule has 11 heteroatoms. The van der Waals surface area contributed by atoms with E-state index in [9.17, 15) is 31.1 Å². The van der Waals surface area contributed by atoms with Crippen molar-refractivity contribution in [3.63, 3.8) is 0 Å². The lowest BCUT2D eigenvalue weighted by molar-refractivity contribution is -0.138. The Morgan fingerprint density at radius 3 is 1.95 bits per heavy atom. The Labute approximate surface area is 222 Å². The molecule has 3 heterocycles. The van der Waals surface area contributed by atoms with Crippen LogP contribution in [0.15, 0.2) is 60.9 Å². The summed E-state index contributed by atoms with van der Waals surface area (Å²) in [5.74, 6) is 0. The Kier molecular flexibility index (Phi) is 7.37. The van der Waals surface area contributed by atoms with Crippen LogP contribution in [0.2, 0.25) is 0 Å². The van der Waals surface area contributed by atoms with Crippen LogP contribution >= 0.6 is 0 Å². The highest BCUT2D eigenvalue weighted by Crippen LogP contribution is 2.35. The van der Waals surface area contributed by atoms with Gasteiger partial charge in [0.2, 0.25) is 0 Å². The highest BCUT2D eigenvalue weighted by atomic mass is 19.4. The molecule has 3 aromatic rings. The molecule has 2 aromatic carbocycles. The SMILES string of the molecule is O=C(N1CCN(Cc2ccc(C(F)(F)F)cc2N2CCCC2)CC1)n1ccc(-c2ccc(C(F)(F)F)cc2)c1. The third kappa shape index (κ3) is 6.08. The van der Waals surface area contributed by atoms with Gasteiger partial charge in [0.1, 0.15) is 0 Å². The summed E-state index contributed by atoms with van der Waals surface area (Å²) in [6.45, 7) is 4.01. The molecule has 0 radical (unpaired) electrons. The molecule has 0 aliphatic carbocycles. The first-order valence-electron chi connectivity index (χ1n) is 12.8. The third-order valence-electron chi connectivity index (χ3n) is 7.36. The van der Waals surface area contributed by atoms with E-state index in [1.165, 1.54) is 22.8 Å². The van der Waals surface area contributed by atoms with Crippen LogP contribution in [-0.2, 0) is 18.9 Å². The topological polar surface area (TPSA) is 31.7 Å². The molecule has 208 valence electrons. The fourth-order valence-corrected chi connectivity index (χ4v) is 5.17. The van der Waals surface area contributed by atoms with E-state index in [1.807, 2.05) is 4.90 Å². The predicted molar refractivity (Wildman–Crippen MR) is 135 cm³/mol. The van der Waals surface area contributed by atoms with Gasteiger partial charge in [-0.2, -0.15) is 26.3 Å². The zero-order chi connectivity index (χ0) is 27.8. The zero-order valence-corrected chi connectivity index (χ0v) is 21.1. The summed E-state index contributed by atoms with van der Waals surface area (Å²) >= 11 is 0. The van der Waals surface area contributed by atoms with Gasteiger partial charge in [-0.05, 0) is 59.9 Å². The van der Waals surface area contributed by atoms with Crippen molar-refractivity contribution in [1.82, 2.24) is 14.4 Å².